The smallest absolute Gasteiger partial charge is 0.330 e. The highest BCUT2D eigenvalue weighted by molar-refractivity contribution is 5.77. The molecule has 1 saturated heterocycles. The molecule has 1 heterocycles. The van der Waals surface area contributed by atoms with Crippen LogP contribution in [0.4, 0.5) is 13.2 Å². The standard InChI is InChI=1S/C15H18F3NO/c1-10-5-3-4-6-12(10)13-7-8-14(20)19(11(13)2)9-15(16,17)18/h3-6,11,13H,7-9H2,1-2H3/t11-,13-/m1/s1. The van der Waals surface area contributed by atoms with Gasteiger partial charge >= 0.3 is 6.18 Å². The van der Waals surface area contributed by atoms with Crippen molar-refractivity contribution in [2.24, 2.45) is 0 Å². The Balaban J connectivity index is 2.25. The van der Waals surface area contributed by atoms with Crippen molar-refractivity contribution in [1.29, 1.82) is 0 Å². The SMILES string of the molecule is Cc1ccccc1[C@@H]1CCC(=O)N(CC(F)(F)F)[C@@H]1C. The van der Waals surface area contributed by atoms with Crippen LogP contribution in [0.3, 0.4) is 0 Å². The van der Waals surface area contributed by atoms with E-state index in [9.17, 15) is 18.0 Å². The summed E-state index contributed by atoms with van der Waals surface area (Å²) in [6.07, 6.45) is -3.56. The summed E-state index contributed by atoms with van der Waals surface area (Å²) >= 11 is 0. The number of amides is 1. The molecule has 0 N–H and O–H groups in total. The van der Waals surface area contributed by atoms with Gasteiger partial charge in [0.1, 0.15) is 6.54 Å². The van der Waals surface area contributed by atoms with Crippen LogP contribution in [0, 0.1) is 6.92 Å². The maximum atomic E-state index is 12.6. The number of benzene rings is 1. The van der Waals surface area contributed by atoms with Crippen molar-refractivity contribution in [2.75, 3.05) is 6.54 Å². The van der Waals surface area contributed by atoms with Gasteiger partial charge in [-0.15, -0.1) is 0 Å². The predicted molar refractivity (Wildman–Crippen MR) is 70.4 cm³/mol. The third kappa shape index (κ3) is 3.14. The molecule has 1 fully saturated rings. The molecule has 0 aromatic heterocycles. The molecule has 110 valence electrons. The largest absolute Gasteiger partial charge is 0.406 e. The number of aryl methyl sites for hydroxylation is 1. The number of piperidine rings is 1. The van der Waals surface area contributed by atoms with E-state index in [4.69, 9.17) is 0 Å². The Hall–Kier alpha value is -1.52. The third-order valence-electron chi connectivity index (χ3n) is 4.00. The Kier molecular flexibility index (Phi) is 4.06. The van der Waals surface area contributed by atoms with Crippen LogP contribution in [0.1, 0.15) is 36.8 Å². The van der Waals surface area contributed by atoms with Crippen molar-refractivity contribution < 1.29 is 18.0 Å². The minimum Gasteiger partial charge on any atom is -0.330 e. The number of likely N-dealkylation sites (tertiary alicyclic amines) is 1. The molecule has 0 spiro atoms. The van der Waals surface area contributed by atoms with Crippen molar-refractivity contribution in [3.63, 3.8) is 0 Å². The van der Waals surface area contributed by atoms with E-state index in [-0.39, 0.29) is 12.3 Å². The predicted octanol–water partition coefficient (Wildman–Crippen LogP) is 3.65. The van der Waals surface area contributed by atoms with Gasteiger partial charge in [-0.25, -0.2) is 0 Å². The molecule has 5 heteroatoms. The molecule has 0 radical (unpaired) electrons. The van der Waals surface area contributed by atoms with Crippen molar-refractivity contribution >= 4 is 5.91 Å². The van der Waals surface area contributed by atoms with Crippen LogP contribution in [-0.2, 0) is 4.79 Å². The number of nitrogens with zero attached hydrogens (tertiary/aromatic N) is 1. The average Bonchev–Trinajstić information content (AvgIpc) is 2.35. The van der Waals surface area contributed by atoms with Crippen LogP contribution >= 0.6 is 0 Å². The van der Waals surface area contributed by atoms with Gasteiger partial charge in [0.05, 0.1) is 0 Å². The highest BCUT2D eigenvalue weighted by Crippen LogP contribution is 2.36. The number of carbonyl (C=O) groups excluding carboxylic acids is 1. The lowest BCUT2D eigenvalue weighted by Crippen LogP contribution is -2.50. The van der Waals surface area contributed by atoms with Crippen LogP contribution in [0.5, 0.6) is 0 Å². The summed E-state index contributed by atoms with van der Waals surface area (Å²) in [4.78, 5) is 12.7. The molecule has 1 aliphatic heterocycles. The Labute approximate surface area is 116 Å². The summed E-state index contributed by atoms with van der Waals surface area (Å²) in [5.41, 5.74) is 2.10. The van der Waals surface area contributed by atoms with E-state index in [1.165, 1.54) is 0 Å². The van der Waals surface area contributed by atoms with Gasteiger partial charge in [0.2, 0.25) is 5.91 Å². The van der Waals surface area contributed by atoms with Gasteiger partial charge in [-0.3, -0.25) is 4.79 Å². The molecule has 0 aliphatic carbocycles. The molecule has 1 aromatic carbocycles. The lowest BCUT2D eigenvalue weighted by atomic mass is 9.82. The number of hydrogen-bond donors (Lipinski definition) is 0. The van der Waals surface area contributed by atoms with Gasteiger partial charge < -0.3 is 4.90 Å². The van der Waals surface area contributed by atoms with Gasteiger partial charge in [0.25, 0.3) is 0 Å². The zero-order chi connectivity index (χ0) is 14.9. The molecule has 2 atom stereocenters. The Morgan fingerprint density at radius 2 is 1.95 bits per heavy atom. The summed E-state index contributed by atoms with van der Waals surface area (Å²) in [7, 11) is 0. The van der Waals surface area contributed by atoms with Gasteiger partial charge in [-0.1, -0.05) is 24.3 Å². The maximum Gasteiger partial charge on any atom is 0.406 e. The maximum absolute atomic E-state index is 12.6. The molecule has 0 saturated carbocycles. The molecule has 0 unspecified atom stereocenters. The Bertz CT molecular complexity index is 498. The van der Waals surface area contributed by atoms with E-state index in [0.717, 1.165) is 16.0 Å². The van der Waals surface area contributed by atoms with E-state index in [1.54, 1.807) is 6.92 Å². The third-order valence-corrected chi connectivity index (χ3v) is 4.00. The van der Waals surface area contributed by atoms with E-state index < -0.39 is 24.7 Å². The van der Waals surface area contributed by atoms with Crippen molar-refractivity contribution in [2.45, 2.75) is 44.8 Å². The van der Waals surface area contributed by atoms with Crippen LogP contribution < -0.4 is 0 Å². The number of halogens is 3. The van der Waals surface area contributed by atoms with E-state index in [1.807, 2.05) is 31.2 Å². The van der Waals surface area contributed by atoms with Gasteiger partial charge in [0, 0.05) is 18.4 Å². The summed E-state index contributed by atoms with van der Waals surface area (Å²) in [5.74, 6) is -0.434. The van der Waals surface area contributed by atoms with Gasteiger partial charge in [-0.05, 0) is 31.4 Å². The highest BCUT2D eigenvalue weighted by Gasteiger charge is 2.40. The van der Waals surface area contributed by atoms with Crippen molar-refractivity contribution in [3.8, 4) is 0 Å². The fraction of sp³-hybridized carbons (Fsp3) is 0.533. The fourth-order valence-electron chi connectivity index (χ4n) is 2.95. The Morgan fingerprint density at radius 1 is 1.30 bits per heavy atom. The van der Waals surface area contributed by atoms with E-state index in [2.05, 4.69) is 0 Å². The van der Waals surface area contributed by atoms with E-state index in [0.29, 0.717) is 6.42 Å². The van der Waals surface area contributed by atoms with Gasteiger partial charge in [-0.2, -0.15) is 13.2 Å². The second-order valence-electron chi connectivity index (χ2n) is 5.38. The van der Waals surface area contributed by atoms with Gasteiger partial charge in [0.15, 0.2) is 0 Å². The molecular formula is C15H18F3NO. The lowest BCUT2D eigenvalue weighted by molar-refractivity contribution is -0.169. The highest BCUT2D eigenvalue weighted by atomic mass is 19.4. The first-order chi connectivity index (χ1) is 9.29. The van der Waals surface area contributed by atoms with Crippen LogP contribution in [-0.4, -0.2) is 29.6 Å². The summed E-state index contributed by atoms with van der Waals surface area (Å²) in [6.45, 7) is 2.50. The quantitative estimate of drug-likeness (QED) is 0.812. The van der Waals surface area contributed by atoms with Crippen LogP contribution in [0.15, 0.2) is 24.3 Å². The number of carbonyl (C=O) groups is 1. The summed E-state index contributed by atoms with van der Waals surface area (Å²) in [5, 5.41) is 0. The molecule has 1 amide bonds. The topological polar surface area (TPSA) is 20.3 Å². The zero-order valence-electron chi connectivity index (χ0n) is 11.6. The normalized spacial score (nSPS) is 24.1. The lowest BCUT2D eigenvalue weighted by Gasteiger charge is -2.40. The summed E-state index contributed by atoms with van der Waals surface area (Å²) < 4.78 is 37.8. The van der Waals surface area contributed by atoms with Crippen LogP contribution in [0.25, 0.3) is 0 Å². The molecular weight excluding hydrogens is 267 g/mol. The zero-order valence-corrected chi connectivity index (χ0v) is 11.6. The first-order valence-corrected chi connectivity index (χ1v) is 6.71. The van der Waals surface area contributed by atoms with E-state index >= 15 is 0 Å². The molecule has 1 aliphatic rings. The van der Waals surface area contributed by atoms with Crippen LogP contribution in [0.2, 0.25) is 0 Å². The molecule has 2 rings (SSSR count). The molecule has 20 heavy (non-hydrogen) atoms. The number of alkyl halides is 3. The summed E-state index contributed by atoms with van der Waals surface area (Å²) in [6, 6.07) is 7.26. The molecule has 0 bridgehead atoms. The average molecular weight is 285 g/mol. The molecule has 1 aromatic rings. The number of rotatable bonds is 2. The minimum absolute atomic E-state index is 0.0313. The number of hydrogen-bond acceptors (Lipinski definition) is 1. The minimum atomic E-state index is -4.35. The first kappa shape index (κ1) is 14.9. The first-order valence-electron chi connectivity index (χ1n) is 6.71. The van der Waals surface area contributed by atoms with Crippen molar-refractivity contribution in [1.82, 2.24) is 4.90 Å². The fourth-order valence-corrected chi connectivity index (χ4v) is 2.95. The second-order valence-corrected chi connectivity index (χ2v) is 5.38. The second kappa shape index (κ2) is 5.46. The molecule has 2 nitrogen and oxygen atoms in total. The monoisotopic (exact) mass is 285 g/mol. The van der Waals surface area contributed by atoms with Crippen molar-refractivity contribution in [3.05, 3.63) is 35.4 Å². The Morgan fingerprint density at radius 3 is 2.55 bits per heavy atom.